The molecule has 1 aromatic carbocycles. The zero-order chi connectivity index (χ0) is 13.1. The van der Waals surface area contributed by atoms with Gasteiger partial charge >= 0.3 is 5.97 Å². The van der Waals surface area contributed by atoms with E-state index in [2.05, 4.69) is 0 Å². The Morgan fingerprint density at radius 2 is 2.00 bits per heavy atom. The number of hydrogen-bond donors (Lipinski definition) is 3. The van der Waals surface area contributed by atoms with Gasteiger partial charge in [0.15, 0.2) is 0 Å². The summed E-state index contributed by atoms with van der Waals surface area (Å²) in [5, 5.41) is 17.4. The Morgan fingerprint density at radius 3 is 2.47 bits per heavy atom. The van der Waals surface area contributed by atoms with Gasteiger partial charge in [-0.25, -0.2) is 8.42 Å². The molecule has 0 aromatic heterocycles. The molecule has 7 heteroatoms. The summed E-state index contributed by atoms with van der Waals surface area (Å²) in [7, 11) is -3.94. The summed E-state index contributed by atoms with van der Waals surface area (Å²) in [6.07, 6.45) is 0. The summed E-state index contributed by atoms with van der Waals surface area (Å²) in [6.45, 7) is 0.795. The average Bonchev–Trinajstić information content (AvgIpc) is 2.26. The van der Waals surface area contributed by atoms with Crippen molar-refractivity contribution in [2.24, 2.45) is 0 Å². The second-order valence-electron chi connectivity index (χ2n) is 3.46. The van der Waals surface area contributed by atoms with Gasteiger partial charge < -0.3 is 10.2 Å². The Kier molecular flexibility index (Phi) is 4.22. The van der Waals surface area contributed by atoms with Crippen molar-refractivity contribution in [3.05, 3.63) is 29.8 Å². The van der Waals surface area contributed by atoms with Gasteiger partial charge in [-0.15, -0.1) is 0 Å². The predicted molar refractivity (Wildman–Crippen MR) is 60.0 cm³/mol. The molecular formula is C10H13NO5S. The SMILES string of the molecule is Cc1ccccc1S(=O)(=O)NC(CO)C(=O)O. The van der Waals surface area contributed by atoms with E-state index in [0.717, 1.165) is 0 Å². The third-order valence-electron chi connectivity index (χ3n) is 2.16. The molecule has 1 unspecified atom stereocenters. The second-order valence-corrected chi connectivity index (χ2v) is 5.14. The van der Waals surface area contributed by atoms with E-state index in [9.17, 15) is 13.2 Å². The summed E-state index contributed by atoms with van der Waals surface area (Å²) in [4.78, 5) is 10.6. The normalized spacial score (nSPS) is 13.3. The number of carboxylic acid groups (broad SMARTS) is 1. The number of carbonyl (C=O) groups is 1. The first-order chi connectivity index (χ1) is 7.88. The second kappa shape index (κ2) is 5.26. The maximum absolute atomic E-state index is 11.8. The fraction of sp³-hybridized carbons (Fsp3) is 0.300. The topological polar surface area (TPSA) is 104 Å². The highest BCUT2D eigenvalue weighted by molar-refractivity contribution is 7.89. The highest BCUT2D eigenvalue weighted by Gasteiger charge is 2.25. The van der Waals surface area contributed by atoms with Crippen LogP contribution in [0.5, 0.6) is 0 Å². The molecule has 1 atom stereocenters. The van der Waals surface area contributed by atoms with E-state index >= 15 is 0 Å². The van der Waals surface area contributed by atoms with Gasteiger partial charge in [0.05, 0.1) is 11.5 Å². The zero-order valence-electron chi connectivity index (χ0n) is 9.12. The van der Waals surface area contributed by atoms with Crippen molar-refractivity contribution < 1.29 is 23.4 Å². The standard InChI is InChI=1S/C10H13NO5S/c1-7-4-2-3-5-9(7)17(15,16)11-8(6-12)10(13)14/h2-5,8,11-12H,6H2,1H3,(H,13,14). The Labute approximate surface area is 99.0 Å². The van der Waals surface area contributed by atoms with Crippen LogP contribution in [-0.4, -0.2) is 37.2 Å². The van der Waals surface area contributed by atoms with Crippen LogP contribution in [0, 0.1) is 6.92 Å². The van der Waals surface area contributed by atoms with Crippen molar-refractivity contribution in [3.8, 4) is 0 Å². The van der Waals surface area contributed by atoms with Gasteiger partial charge in [-0.2, -0.15) is 4.72 Å². The van der Waals surface area contributed by atoms with Crippen LogP contribution in [0.4, 0.5) is 0 Å². The first-order valence-electron chi connectivity index (χ1n) is 4.80. The van der Waals surface area contributed by atoms with Crippen LogP contribution in [0.15, 0.2) is 29.2 Å². The molecule has 0 saturated heterocycles. The first-order valence-corrected chi connectivity index (χ1v) is 6.28. The number of aliphatic hydroxyl groups is 1. The fourth-order valence-electron chi connectivity index (χ4n) is 1.27. The number of aryl methyl sites for hydroxylation is 1. The molecule has 94 valence electrons. The van der Waals surface area contributed by atoms with E-state index in [1.807, 2.05) is 4.72 Å². The summed E-state index contributed by atoms with van der Waals surface area (Å²) in [6, 6.07) is 4.64. The van der Waals surface area contributed by atoms with E-state index in [0.29, 0.717) is 5.56 Å². The van der Waals surface area contributed by atoms with Crippen molar-refractivity contribution in [2.75, 3.05) is 6.61 Å². The number of aliphatic hydroxyl groups excluding tert-OH is 1. The summed E-state index contributed by atoms with van der Waals surface area (Å²) < 4.78 is 25.6. The van der Waals surface area contributed by atoms with Crippen molar-refractivity contribution >= 4 is 16.0 Å². The minimum atomic E-state index is -3.94. The molecule has 1 rings (SSSR count). The minimum absolute atomic E-state index is 0.000278. The number of aliphatic carboxylic acids is 1. The van der Waals surface area contributed by atoms with E-state index in [1.165, 1.54) is 12.1 Å². The summed E-state index contributed by atoms with van der Waals surface area (Å²) >= 11 is 0. The maximum Gasteiger partial charge on any atom is 0.324 e. The lowest BCUT2D eigenvalue weighted by molar-refractivity contribution is -0.139. The van der Waals surface area contributed by atoms with Gasteiger partial charge in [-0.05, 0) is 18.6 Å². The molecule has 0 spiro atoms. The number of carboxylic acids is 1. The Bertz CT molecular complexity index is 511. The molecule has 0 aliphatic rings. The summed E-state index contributed by atoms with van der Waals surface area (Å²) in [5.41, 5.74) is 0.502. The molecule has 6 nitrogen and oxygen atoms in total. The quantitative estimate of drug-likeness (QED) is 0.674. The van der Waals surface area contributed by atoms with E-state index < -0.39 is 28.6 Å². The van der Waals surface area contributed by atoms with Crippen molar-refractivity contribution in [2.45, 2.75) is 17.9 Å². The number of sulfonamides is 1. The van der Waals surface area contributed by atoms with Gasteiger partial charge in [0.1, 0.15) is 6.04 Å². The molecule has 0 radical (unpaired) electrons. The predicted octanol–water partition coefficient (Wildman–Crippen LogP) is -0.281. The lowest BCUT2D eigenvalue weighted by Crippen LogP contribution is -2.43. The largest absolute Gasteiger partial charge is 0.480 e. The molecule has 0 bridgehead atoms. The fourth-order valence-corrected chi connectivity index (χ4v) is 2.70. The third-order valence-corrected chi connectivity index (χ3v) is 3.79. The van der Waals surface area contributed by atoms with Crippen LogP contribution < -0.4 is 4.72 Å². The van der Waals surface area contributed by atoms with Gasteiger partial charge in [0.2, 0.25) is 10.0 Å². The molecule has 0 fully saturated rings. The van der Waals surface area contributed by atoms with Crippen molar-refractivity contribution in [3.63, 3.8) is 0 Å². The Balaban J connectivity index is 3.05. The zero-order valence-corrected chi connectivity index (χ0v) is 9.94. The van der Waals surface area contributed by atoms with Gasteiger partial charge in [0, 0.05) is 0 Å². The maximum atomic E-state index is 11.8. The van der Waals surface area contributed by atoms with Gasteiger partial charge in [0.25, 0.3) is 0 Å². The van der Waals surface area contributed by atoms with Crippen LogP contribution in [-0.2, 0) is 14.8 Å². The number of benzene rings is 1. The highest BCUT2D eigenvalue weighted by Crippen LogP contribution is 2.14. The van der Waals surface area contributed by atoms with Crippen molar-refractivity contribution in [1.29, 1.82) is 0 Å². The lowest BCUT2D eigenvalue weighted by atomic mass is 10.2. The molecule has 0 amide bonds. The van der Waals surface area contributed by atoms with Crippen LogP contribution >= 0.6 is 0 Å². The molecule has 17 heavy (non-hydrogen) atoms. The summed E-state index contributed by atoms with van der Waals surface area (Å²) in [5.74, 6) is -1.43. The van der Waals surface area contributed by atoms with E-state index in [4.69, 9.17) is 10.2 Å². The highest BCUT2D eigenvalue weighted by atomic mass is 32.2. The average molecular weight is 259 g/mol. The third kappa shape index (κ3) is 3.26. The molecule has 0 heterocycles. The van der Waals surface area contributed by atoms with Crippen LogP contribution in [0.2, 0.25) is 0 Å². The van der Waals surface area contributed by atoms with Gasteiger partial charge in [-0.3, -0.25) is 4.79 Å². The van der Waals surface area contributed by atoms with Crippen molar-refractivity contribution in [1.82, 2.24) is 4.72 Å². The smallest absolute Gasteiger partial charge is 0.324 e. The molecule has 0 aliphatic carbocycles. The number of nitrogens with one attached hydrogen (secondary N) is 1. The van der Waals surface area contributed by atoms with Gasteiger partial charge in [-0.1, -0.05) is 18.2 Å². The molecular weight excluding hydrogens is 246 g/mol. The van der Waals surface area contributed by atoms with Crippen LogP contribution in [0.3, 0.4) is 0 Å². The Morgan fingerprint density at radius 1 is 1.41 bits per heavy atom. The molecule has 0 saturated carbocycles. The van der Waals surface area contributed by atoms with E-state index in [-0.39, 0.29) is 4.90 Å². The lowest BCUT2D eigenvalue weighted by Gasteiger charge is -2.13. The number of hydrogen-bond acceptors (Lipinski definition) is 4. The molecule has 3 N–H and O–H groups in total. The minimum Gasteiger partial charge on any atom is -0.480 e. The first kappa shape index (κ1) is 13.6. The molecule has 0 aliphatic heterocycles. The van der Waals surface area contributed by atoms with Crippen LogP contribution in [0.25, 0.3) is 0 Å². The number of rotatable bonds is 5. The van der Waals surface area contributed by atoms with E-state index in [1.54, 1.807) is 19.1 Å². The van der Waals surface area contributed by atoms with Crippen LogP contribution in [0.1, 0.15) is 5.56 Å². The molecule has 1 aromatic rings. The Hall–Kier alpha value is -1.44. The monoisotopic (exact) mass is 259 g/mol.